The molecule has 0 fully saturated rings. The number of halogens is 7. The predicted octanol–water partition coefficient (Wildman–Crippen LogP) is 3.67. The first kappa shape index (κ1) is 15.7. The minimum Gasteiger partial charge on any atom is -0.320 e. The first-order valence-corrected chi connectivity index (χ1v) is 5.19. The van der Waals surface area contributed by atoms with Gasteiger partial charge in [0.25, 0.3) is 0 Å². The predicted molar refractivity (Wildman–Crippen MR) is 53.8 cm³/mol. The van der Waals surface area contributed by atoms with Gasteiger partial charge in [-0.1, -0.05) is 6.07 Å². The van der Waals surface area contributed by atoms with Crippen molar-refractivity contribution in [3.8, 4) is 0 Å². The van der Waals surface area contributed by atoms with Gasteiger partial charge in [-0.2, -0.15) is 26.3 Å². The van der Waals surface area contributed by atoms with Gasteiger partial charge in [-0.05, 0) is 30.5 Å². The highest BCUT2D eigenvalue weighted by molar-refractivity contribution is 5.27. The largest absolute Gasteiger partial charge is 0.419 e. The molecule has 0 amide bonds. The van der Waals surface area contributed by atoms with Gasteiger partial charge in [0, 0.05) is 0 Å². The van der Waals surface area contributed by atoms with Gasteiger partial charge in [-0.25, -0.2) is 4.39 Å². The molecule has 0 saturated carbocycles. The van der Waals surface area contributed by atoms with Crippen molar-refractivity contribution >= 4 is 0 Å². The molecule has 8 heteroatoms. The lowest BCUT2D eigenvalue weighted by atomic mass is 10.0. The summed E-state index contributed by atoms with van der Waals surface area (Å²) in [6.07, 6.45) is -10.4. The Morgan fingerprint density at radius 3 is 2.11 bits per heavy atom. The Kier molecular flexibility index (Phi) is 4.44. The summed E-state index contributed by atoms with van der Waals surface area (Å²) < 4.78 is 86.4. The van der Waals surface area contributed by atoms with Crippen LogP contribution in [-0.2, 0) is 12.6 Å². The maximum Gasteiger partial charge on any atom is 0.419 e. The van der Waals surface area contributed by atoms with Gasteiger partial charge in [0.15, 0.2) is 0 Å². The molecule has 2 N–H and O–H groups in total. The lowest BCUT2D eigenvalue weighted by Gasteiger charge is -2.16. The molecule has 0 radical (unpaired) electrons. The summed E-state index contributed by atoms with van der Waals surface area (Å²) in [4.78, 5) is 0. The molecule has 0 saturated heterocycles. The summed E-state index contributed by atoms with van der Waals surface area (Å²) in [5.74, 6) is -1.46. The minimum atomic E-state index is -4.88. The molecule has 1 rings (SSSR count). The van der Waals surface area contributed by atoms with Crippen LogP contribution in [0.2, 0.25) is 0 Å². The maximum atomic E-state index is 12.9. The van der Waals surface area contributed by atoms with Crippen LogP contribution in [0.3, 0.4) is 0 Å². The molecule has 0 spiro atoms. The number of alkyl halides is 6. The van der Waals surface area contributed by atoms with E-state index in [-0.39, 0.29) is 12.0 Å². The van der Waals surface area contributed by atoms with Crippen molar-refractivity contribution < 1.29 is 30.7 Å². The molecule has 0 aromatic heterocycles. The Morgan fingerprint density at radius 2 is 1.63 bits per heavy atom. The monoisotopic (exact) mass is 289 g/mol. The number of nitrogens with two attached hydrogens (primary N) is 1. The molecule has 1 aromatic rings. The maximum absolute atomic E-state index is 12.9. The van der Waals surface area contributed by atoms with Crippen molar-refractivity contribution in [2.24, 2.45) is 5.73 Å². The Labute approximate surface area is 104 Å². The molecule has 1 atom stereocenters. The first-order chi connectivity index (χ1) is 8.51. The molecule has 0 bridgehead atoms. The van der Waals surface area contributed by atoms with E-state index in [1.165, 1.54) is 0 Å². The van der Waals surface area contributed by atoms with E-state index < -0.39 is 36.2 Å². The fraction of sp³-hybridized carbons (Fsp3) is 0.455. The van der Waals surface area contributed by atoms with Crippen molar-refractivity contribution in [2.45, 2.75) is 31.2 Å². The third kappa shape index (κ3) is 4.38. The first-order valence-electron chi connectivity index (χ1n) is 5.19. The van der Waals surface area contributed by atoms with Crippen molar-refractivity contribution in [1.82, 2.24) is 0 Å². The molecule has 108 valence electrons. The van der Waals surface area contributed by atoms with Crippen LogP contribution in [0.5, 0.6) is 0 Å². The molecule has 0 aliphatic carbocycles. The zero-order valence-corrected chi connectivity index (χ0v) is 9.45. The Balaban J connectivity index is 2.82. The second-order valence-electron chi connectivity index (χ2n) is 4.00. The van der Waals surface area contributed by atoms with Crippen molar-refractivity contribution in [1.29, 1.82) is 0 Å². The number of hydrogen-bond donors (Lipinski definition) is 1. The topological polar surface area (TPSA) is 26.0 Å². The van der Waals surface area contributed by atoms with E-state index >= 15 is 0 Å². The molecular formula is C11H10F7N. The third-order valence-corrected chi connectivity index (χ3v) is 2.50. The fourth-order valence-corrected chi connectivity index (χ4v) is 1.43. The molecule has 0 aliphatic rings. The SMILES string of the molecule is NC(CCc1ccc(F)c(C(F)(F)F)c1)C(F)(F)F. The van der Waals surface area contributed by atoms with Gasteiger partial charge in [0.1, 0.15) is 11.9 Å². The molecule has 0 heterocycles. The van der Waals surface area contributed by atoms with E-state index in [0.717, 1.165) is 6.07 Å². The summed E-state index contributed by atoms with van der Waals surface area (Å²) in [7, 11) is 0. The van der Waals surface area contributed by atoms with Crippen LogP contribution in [-0.4, -0.2) is 12.2 Å². The summed E-state index contributed by atoms with van der Waals surface area (Å²) in [5, 5.41) is 0. The molecule has 1 nitrogen and oxygen atoms in total. The summed E-state index contributed by atoms with van der Waals surface area (Å²) in [5.41, 5.74) is 3.29. The van der Waals surface area contributed by atoms with Gasteiger partial charge < -0.3 is 5.73 Å². The minimum absolute atomic E-state index is 0.0478. The summed E-state index contributed by atoms with van der Waals surface area (Å²) in [6.45, 7) is 0. The van der Waals surface area contributed by atoms with E-state index in [1.807, 2.05) is 0 Å². The molecule has 1 unspecified atom stereocenters. The van der Waals surface area contributed by atoms with Crippen LogP contribution >= 0.6 is 0 Å². The van der Waals surface area contributed by atoms with Crippen LogP contribution in [0.4, 0.5) is 30.7 Å². The average Bonchev–Trinajstić information content (AvgIpc) is 2.24. The summed E-state index contributed by atoms with van der Waals surface area (Å²) >= 11 is 0. The summed E-state index contributed by atoms with van der Waals surface area (Å²) in [6, 6.07) is -0.0319. The Morgan fingerprint density at radius 1 is 1.05 bits per heavy atom. The Bertz CT molecular complexity index is 436. The number of rotatable bonds is 3. The van der Waals surface area contributed by atoms with Crippen LogP contribution in [0.25, 0.3) is 0 Å². The van der Waals surface area contributed by atoms with E-state index in [9.17, 15) is 30.7 Å². The van der Waals surface area contributed by atoms with Gasteiger partial charge in [0.05, 0.1) is 5.56 Å². The number of aryl methyl sites for hydroxylation is 1. The van der Waals surface area contributed by atoms with Crippen molar-refractivity contribution in [3.05, 3.63) is 35.1 Å². The van der Waals surface area contributed by atoms with E-state index in [1.54, 1.807) is 0 Å². The van der Waals surface area contributed by atoms with Crippen LogP contribution in [0.1, 0.15) is 17.5 Å². The van der Waals surface area contributed by atoms with Gasteiger partial charge in [0.2, 0.25) is 0 Å². The molecule has 1 aromatic carbocycles. The average molecular weight is 289 g/mol. The standard InChI is InChI=1S/C11H10F7N/c12-8-3-1-6(5-7(8)10(13,14)15)2-4-9(19)11(16,17)18/h1,3,5,9H,2,4,19H2. The fourth-order valence-electron chi connectivity index (χ4n) is 1.43. The van der Waals surface area contributed by atoms with Gasteiger partial charge in [-0.15, -0.1) is 0 Å². The van der Waals surface area contributed by atoms with E-state index in [2.05, 4.69) is 0 Å². The number of hydrogen-bond acceptors (Lipinski definition) is 1. The lowest BCUT2D eigenvalue weighted by molar-refractivity contribution is -0.148. The molecule has 19 heavy (non-hydrogen) atoms. The number of benzene rings is 1. The quantitative estimate of drug-likeness (QED) is 0.844. The van der Waals surface area contributed by atoms with Crippen LogP contribution in [0, 0.1) is 5.82 Å². The highest BCUT2D eigenvalue weighted by Crippen LogP contribution is 2.32. The van der Waals surface area contributed by atoms with Crippen molar-refractivity contribution in [3.63, 3.8) is 0 Å². The van der Waals surface area contributed by atoms with Gasteiger partial charge >= 0.3 is 12.4 Å². The van der Waals surface area contributed by atoms with Crippen LogP contribution < -0.4 is 5.73 Å². The normalized spacial score (nSPS) is 14.5. The third-order valence-electron chi connectivity index (χ3n) is 2.50. The Hall–Kier alpha value is -1.31. The zero-order chi connectivity index (χ0) is 14.8. The van der Waals surface area contributed by atoms with E-state index in [4.69, 9.17) is 5.73 Å². The molecule has 0 aliphatic heterocycles. The van der Waals surface area contributed by atoms with Crippen molar-refractivity contribution in [2.75, 3.05) is 0 Å². The van der Waals surface area contributed by atoms with Crippen LogP contribution in [0.15, 0.2) is 18.2 Å². The second kappa shape index (κ2) is 5.36. The molecular weight excluding hydrogens is 279 g/mol. The highest BCUT2D eigenvalue weighted by atomic mass is 19.4. The lowest BCUT2D eigenvalue weighted by Crippen LogP contribution is -2.37. The van der Waals surface area contributed by atoms with E-state index in [0.29, 0.717) is 12.1 Å². The highest BCUT2D eigenvalue weighted by Gasteiger charge is 2.37. The second-order valence-corrected chi connectivity index (χ2v) is 4.00. The zero-order valence-electron chi connectivity index (χ0n) is 9.45. The van der Waals surface area contributed by atoms with Gasteiger partial charge in [-0.3, -0.25) is 0 Å². The smallest absolute Gasteiger partial charge is 0.320 e.